The van der Waals surface area contributed by atoms with Crippen LogP contribution in [0.3, 0.4) is 0 Å². The van der Waals surface area contributed by atoms with Crippen molar-refractivity contribution in [2.75, 3.05) is 12.4 Å². The summed E-state index contributed by atoms with van der Waals surface area (Å²) >= 11 is 6.06. The number of anilines is 1. The maximum absolute atomic E-state index is 12.3. The molecule has 2 rings (SSSR count). The van der Waals surface area contributed by atoms with Gasteiger partial charge in [-0.25, -0.2) is 0 Å². The van der Waals surface area contributed by atoms with Crippen molar-refractivity contribution in [2.24, 2.45) is 0 Å². The Hall–Kier alpha value is -2.00. The summed E-state index contributed by atoms with van der Waals surface area (Å²) in [6.07, 6.45) is 0.950. The third-order valence-corrected chi connectivity index (χ3v) is 3.76. The number of nitrogens with one attached hydrogen (secondary N) is 1. The second kappa shape index (κ2) is 6.64. The summed E-state index contributed by atoms with van der Waals surface area (Å²) < 4.78 is 5.26. The third kappa shape index (κ3) is 3.56. The number of aryl methyl sites for hydroxylation is 2. The molecule has 0 spiro atoms. The van der Waals surface area contributed by atoms with Crippen LogP contribution in [0.5, 0.6) is 5.75 Å². The second-order valence-corrected chi connectivity index (χ2v) is 5.21. The lowest BCUT2D eigenvalue weighted by atomic mass is 10.1. The van der Waals surface area contributed by atoms with Crippen LogP contribution in [-0.2, 0) is 6.42 Å². The highest BCUT2D eigenvalue weighted by Crippen LogP contribution is 2.31. The van der Waals surface area contributed by atoms with Gasteiger partial charge in [0.05, 0.1) is 12.8 Å². The van der Waals surface area contributed by atoms with Crippen molar-refractivity contribution >= 4 is 23.2 Å². The third-order valence-electron chi connectivity index (χ3n) is 3.35. The predicted molar refractivity (Wildman–Crippen MR) is 86.5 cm³/mol. The van der Waals surface area contributed by atoms with Crippen LogP contribution in [0.4, 0.5) is 5.69 Å². The number of methoxy groups -OCH3 is 1. The van der Waals surface area contributed by atoms with Gasteiger partial charge in [-0.05, 0) is 42.7 Å². The van der Waals surface area contributed by atoms with Gasteiger partial charge in [-0.2, -0.15) is 0 Å². The van der Waals surface area contributed by atoms with Crippen molar-refractivity contribution in [1.82, 2.24) is 0 Å². The van der Waals surface area contributed by atoms with Gasteiger partial charge >= 0.3 is 0 Å². The summed E-state index contributed by atoms with van der Waals surface area (Å²) in [5.41, 5.74) is 3.31. The minimum atomic E-state index is -0.169. The average molecular weight is 304 g/mol. The van der Waals surface area contributed by atoms with Crippen LogP contribution in [0.25, 0.3) is 0 Å². The van der Waals surface area contributed by atoms with Gasteiger partial charge in [0.15, 0.2) is 0 Å². The second-order valence-electron chi connectivity index (χ2n) is 4.81. The zero-order valence-electron chi connectivity index (χ0n) is 12.4. The minimum Gasteiger partial charge on any atom is -0.495 e. The molecule has 3 nitrogen and oxygen atoms in total. The maximum Gasteiger partial charge on any atom is 0.255 e. The number of ether oxygens (including phenoxy) is 1. The molecule has 0 aromatic heterocycles. The lowest BCUT2D eigenvalue weighted by molar-refractivity contribution is 0.102. The van der Waals surface area contributed by atoms with E-state index in [9.17, 15) is 4.79 Å². The summed E-state index contributed by atoms with van der Waals surface area (Å²) in [6.45, 7) is 3.96. The molecule has 0 atom stereocenters. The fraction of sp³-hybridized carbons (Fsp3) is 0.235. The zero-order valence-corrected chi connectivity index (χ0v) is 13.1. The molecule has 0 unspecified atom stereocenters. The number of carbonyl (C=O) groups is 1. The molecule has 1 N–H and O–H groups in total. The Bertz CT molecular complexity index is 651. The van der Waals surface area contributed by atoms with Gasteiger partial charge in [0.1, 0.15) is 5.75 Å². The van der Waals surface area contributed by atoms with Crippen molar-refractivity contribution in [3.05, 3.63) is 58.1 Å². The van der Waals surface area contributed by atoms with Crippen molar-refractivity contribution in [1.29, 1.82) is 0 Å². The topological polar surface area (TPSA) is 38.3 Å². The molecule has 2 aromatic carbocycles. The van der Waals surface area contributed by atoms with E-state index in [1.807, 2.05) is 31.2 Å². The first-order valence-corrected chi connectivity index (χ1v) is 7.17. The van der Waals surface area contributed by atoms with Crippen LogP contribution >= 0.6 is 11.6 Å². The van der Waals surface area contributed by atoms with E-state index < -0.39 is 0 Å². The SMILES string of the molecule is CCc1ccc(C(=O)Nc2cc(C)c(Cl)cc2OC)cc1. The van der Waals surface area contributed by atoms with Crippen molar-refractivity contribution in [3.63, 3.8) is 0 Å². The van der Waals surface area contributed by atoms with Gasteiger partial charge in [0.25, 0.3) is 5.91 Å². The first-order valence-electron chi connectivity index (χ1n) is 6.79. The molecule has 0 aliphatic carbocycles. The Morgan fingerprint density at radius 3 is 2.48 bits per heavy atom. The van der Waals surface area contributed by atoms with Crippen LogP contribution in [0.1, 0.15) is 28.4 Å². The summed E-state index contributed by atoms with van der Waals surface area (Å²) in [6, 6.07) is 11.1. The molecule has 1 amide bonds. The Morgan fingerprint density at radius 2 is 1.90 bits per heavy atom. The zero-order chi connectivity index (χ0) is 15.4. The summed E-state index contributed by atoms with van der Waals surface area (Å²) in [4.78, 5) is 12.3. The normalized spacial score (nSPS) is 10.3. The largest absolute Gasteiger partial charge is 0.495 e. The molecular weight excluding hydrogens is 286 g/mol. The molecule has 110 valence electrons. The molecule has 0 fully saturated rings. The Morgan fingerprint density at radius 1 is 1.24 bits per heavy atom. The highest BCUT2D eigenvalue weighted by atomic mass is 35.5. The van der Waals surface area contributed by atoms with Crippen LogP contribution < -0.4 is 10.1 Å². The molecule has 2 aromatic rings. The van der Waals surface area contributed by atoms with Gasteiger partial charge in [0, 0.05) is 16.7 Å². The Labute approximate surface area is 129 Å². The van der Waals surface area contributed by atoms with Crippen LogP contribution in [0.2, 0.25) is 5.02 Å². The highest BCUT2D eigenvalue weighted by Gasteiger charge is 2.11. The smallest absolute Gasteiger partial charge is 0.255 e. The monoisotopic (exact) mass is 303 g/mol. The maximum atomic E-state index is 12.3. The number of halogens is 1. The number of rotatable bonds is 4. The molecule has 4 heteroatoms. The van der Waals surface area contributed by atoms with Gasteiger partial charge in [0.2, 0.25) is 0 Å². The number of benzene rings is 2. The van der Waals surface area contributed by atoms with E-state index >= 15 is 0 Å². The predicted octanol–water partition coefficient (Wildman–Crippen LogP) is 4.47. The minimum absolute atomic E-state index is 0.169. The fourth-order valence-electron chi connectivity index (χ4n) is 2.02. The Balaban J connectivity index is 2.24. The van der Waals surface area contributed by atoms with Crippen LogP contribution in [0.15, 0.2) is 36.4 Å². The van der Waals surface area contributed by atoms with E-state index in [0.29, 0.717) is 22.0 Å². The van der Waals surface area contributed by atoms with E-state index in [4.69, 9.17) is 16.3 Å². The van der Waals surface area contributed by atoms with Crippen LogP contribution in [-0.4, -0.2) is 13.0 Å². The van der Waals surface area contributed by atoms with E-state index in [-0.39, 0.29) is 5.91 Å². The van der Waals surface area contributed by atoms with Crippen molar-refractivity contribution in [3.8, 4) is 5.75 Å². The van der Waals surface area contributed by atoms with Gasteiger partial charge in [-0.1, -0.05) is 30.7 Å². The Kier molecular flexibility index (Phi) is 4.86. The number of hydrogen-bond donors (Lipinski definition) is 1. The van der Waals surface area contributed by atoms with E-state index in [0.717, 1.165) is 12.0 Å². The molecule has 0 heterocycles. The quantitative estimate of drug-likeness (QED) is 0.905. The van der Waals surface area contributed by atoms with E-state index in [2.05, 4.69) is 12.2 Å². The van der Waals surface area contributed by atoms with Crippen molar-refractivity contribution in [2.45, 2.75) is 20.3 Å². The lowest BCUT2D eigenvalue weighted by Crippen LogP contribution is -2.12. The first-order chi connectivity index (χ1) is 10.0. The number of hydrogen-bond acceptors (Lipinski definition) is 2. The van der Waals surface area contributed by atoms with E-state index in [1.54, 1.807) is 19.2 Å². The average Bonchev–Trinajstić information content (AvgIpc) is 2.50. The molecule has 0 aliphatic rings. The lowest BCUT2D eigenvalue weighted by Gasteiger charge is -2.12. The van der Waals surface area contributed by atoms with Gasteiger partial charge in [-0.3, -0.25) is 4.79 Å². The van der Waals surface area contributed by atoms with Crippen molar-refractivity contribution < 1.29 is 9.53 Å². The molecule has 0 saturated heterocycles. The summed E-state index contributed by atoms with van der Waals surface area (Å²) in [5, 5.41) is 3.47. The summed E-state index contributed by atoms with van der Waals surface area (Å²) in [7, 11) is 1.55. The molecule has 21 heavy (non-hydrogen) atoms. The van der Waals surface area contributed by atoms with E-state index in [1.165, 1.54) is 5.56 Å². The number of amides is 1. The fourth-order valence-corrected chi connectivity index (χ4v) is 2.17. The molecule has 0 bridgehead atoms. The molecule has 0 aliphatic heterocycles. The summed E-state index contributed by atoms with van der Waals surface area (Å²) in [5.74, 6) is 0.377. The number of carbonyl (C=O) groups excluding carboxylic acids is 1. The standard InChI is InChI=1S/C17H18ClNO2/c1-4-12-5-7-13(8-6-12)17(20)19-15-9-11(2)14(18)10-16(15)21-3/h5-10H,4H2,1-3H3,(H,19,20). The van der Waals surface area contributed by atoms with Crippen LogP contribution in [0, 0.1) is 6.92 Å². The molecule has 0 radical (unpaired) electrons. The molecular formula is C17H18ClNO2. The van der Waals surface area contributed by atoms with Gasteiger partial charge in [-0.15, -0.1) is 0 Å². The first kappa shape index (κ1) is 15.4. The molecule has 0 saturated carbocycles. The van der Waals surface area contributed by atoms with Gasteiger partial charge < -0.3 is 10.1 Å². The highest BCUT2D eigenvalue weighted by molar-refractivity contribution is 6.31.